The Morgan fingerprint density at radius 1 is 1.12 bits per heavy atom. The summed E-state index contributed by atoms with van der Waals surface area (Å²) >= 11 is 12.3. The summed E-state index contributed by atoms with van der Waals surface area (Å²) in [6.45, 7) is 5.16. The smallest absolute Gasteiger partial charge is 0.331 e. The van der Waals surface area contributed by atoms with Crippen molar-refractivity contribution in [1.82, 2.24) is 10.3 Å². The molecule has 1 aliphatic heterocycles. The predicted octanol–water partition coefficient (Wildman–Crippen LogP) is 5.33. The third-order valence-corrected chi connectivity index (χ3v) is 6.90. The van der Waals surface area contributed by atoms with Crippen molar-refractivity contribution >= 4 is 41.0 Å². The number of hydrogen-bond acceptors (Lipinski definition) is 9. The number of ether oxygens (including phenoxy) is 4. The fourth-order valence-electron chi connectivity index (χ4n) is 4.29. The average Bonchev–Trinajstić information content (AvgIpc) is 3.01. The second-order valence-corrected chi connectivity index (χ2v) is 10.8. The summed E-state index contributed by atoms with van der Waals surface area (Å²) in [6, 6.07) is 12.8. The first kappa shape index (κ1) is 33.6. The van der Waals surface area contributed by atoms with Gasteiger partial charge in [-0.15, -0.1) is 0 Å². The Labute approximate surface area is 260 Å². The fraction of sp³-hybridized carbons (Fsp3) is 0.355. The molecule has 1 aromatic heterocycles. The molecule has 1 aliphatic rings. The van der Waals surface area contributed by atoms with Crippen LogP contribution in [0.2, 0.25) is 10.0 Å². The summed E-state index contributed by atoms with van der Waals surface area (Å²) in [5.74, 6) is -1.71. The van der Waals surface area contributed by atoms with E-state index in [1.54, 1.807) is 31.2 Å². The summed E-state index contributed by atoms with van der Waals surface area (Å²) in [6.07, 6.45) is 2.05. The first-order valence-electron chi connectivity index (χ1n) is 13.5. The molecule has 12 heteroatoms. The molecule has 0 radical (unpaired) electrons. The van der Waals surface area contributed by atoms with Crippen molar-refractivity contribution in [2.24, 2.45) is 5.92 Å². The number of hydrogen-bond donors (Lipinski definition) is 2. The van der Waals surface area contributed by atoms with Gasteiger partial charge in [-0.1, -0.05) is 47.0 Å². The van der Waals surface area contributed by atoms with Crippen LogP contribution >= 0.6 is 23.2 Å². The number of nitrogens with zero attached hydrogens (tertiary/aromatic N) is 1. The summed E-state index contributed by atoms with van der Waals surface area (Å²) in [7, 11) is 1.36. The standard InChI is InChI=1S/C24H26Cl2N2O7.C7H8O/c1-13-8-15(9-16-4-5-17(25)10-18(16)26)11-33-12-19(24(31)34-13)28-23(30)21-22(35-14(2)29)20(32-3)6-7-27-21;1-6-2-4-7(8)5-3-6/h4-7,10,13,15,19H,8-9,11-12H2,1-3H3,(H,28,30);2-5,8H,1H3/t13?,15?,19-;/m0./s1. The number of phenols is 1. The molecule has 230 valence electrons. The Hall–Kier alpha value is -3.86. The maximum absolute atomic E-state index is 13.0. The Morgan fingerprint density at radius 2 is 1.84 bits per heavy atom. The summed E-state index contributed by atoms with van der Waals surface area (Å²) in [4.78, 5) is 41.2. The minimum atomic E-state index is -1.10. The van der Waals surface area contributed by atoms with Gasteiger partial charge >= 0.3 is 11.9 Å². The van der Waals surface area contributed by atoms with Crippen molar-refractivity contribution in [1.29, 1.82) is 0 Å². The molecule has 3 aromatic rings. The molecule has 2 unspecified atom stereocenters. The van der Waals surface area contributed by atoms with Crippen LogP contribution in [0.1, 0.15) is 41.9 Å². The topological polar surface area (TPSA) is 133 Å². The van der Waals surface area contributed by atoms with Gasteiger partial charge in [0.25, 0.3) is 5.91 Å². The number of carbonyl (C=O) groups excluding carboxylic acids is 3. The average molecular weight is 634 g/mol. The van der Waals surface area contributed by atoms with Crippen molar-refractivity contribution < 1.29 is 38.4 Å². The molecule has 1 amide bonds. The van der Waals surface area contributed by atoms with E-state index in [1.807, 2.05) is 25.1 Å². The molecule has 2 heterocycles. The van der Waals surface area contributed by atoms with Gasteiger partial charge in [-0.25, -0.2) is 9.78 Å². The van der Waals surface area contributed by atoms with Gasteiger partial charge in [-0.05, 0) is 62.4 Å². The molecule has 0 bridgehead atoms. The second kappa shape index (κ2) is 16.1. The number of aryl methyl sites for hydroxylation is 1. The first-order valence-corrected chi connectivity index (χ1v) is 14.2. The molecule has 1 saturated heterocycles. The van der Waals surface area contributed by atoms with Gasteiger partial charge in [-0.2, -0.15) is 0 Å². The van der Waals surface area contributed by atoms with E-state index < -0.39 is 30.0 Å². The highest BCUT2D eigenvalue weighted by molar-refractivity contribution is 6.35. The number of methoxy groups -OCH3 is 1. The molecular formula is C31H34Cl2N2O8. The second-order valence-electron chi connectivity index (χ2n) is 9.97. The van der Waals surface area contributed by atoms with Crippen molar-refractivity contribution in [3.63, 3.8) is 0 Å². The van der Waals surface area contributed by atoms with Crippen LogP contribution in [-0.4, -0.2) is 60.4 Å². The molecule has 10 nitrogen and oxygen atoms in total. The summed E-state index contributed by atoms with van der Waals surface area (Å²) in [5.41, 5.74) is 1.87. The van der Waals surface area contributed by atoms with E-state index >= 15 is 0 Å². The van der Waals surface area contributed by atoms with Crippen LogP contribution in [0, 0.1) is 12.8 Å². The van der Waals surface area contributed by atoms with Gasteiger partial charge in [0.1, 0.15) is 5.75 Å². The number of phenolic OH excluding ortho intramolecular Hbond substituents is 1. The quantitative estimate of drug-likeness (QED) is 0.346. The van der Waals surface area contributed by atoms with E-state index in [9.17, 15) is 14.4 Å². The molecular weight excluding hydrogens is 599 g/mol. The van der Waals surface area contributed by atoms with E-state index in [1.165, 1.54) is 31.9 Å². The van der Waals surface area contributed by atoms with Crippen LogP contribution in [0.25, 0.3) is 0 Å². The van der Waals surface area contributed by atoms with E-state index in [0.717, 1.165) is 5.56 Å². The van der Waals surface area contributed by atoms with Gasteiger partial charge in [0.2, 0.25) is 5.75 Å². The van der Waals surface area contributed by atoms with Crippen molar-refractivity contribution in [2.75, 3.05) is 20.3 Å². The number of aromatic nitrogens is 1. The Bertz CT molecular complexity index is 1400. The molecule has 4 rings (SSSR count). The summed E-state index contributed by atoms with van der Waals surface area (Å²) < 4.78 is 21.6. The predicted molar refractivity (Wildman–Crippen MR) is 161 cm³/mol. The lowest BCUT2D eigenvalue weighted by Crippen LogP contribution is -2.45. The van der Waals surface area contributed by atoms with Crippen LogP contribution in [0.3, 0.4) is 0 Å². The number of aromatic hydroxyl groups is 1. The number of esters is 2. The number of nitrogens with one attached hydrogen (secondary N) is 1. The highest BCUT2D eigenvalue weighted by atomic mass is 35.5. The van der Waals surface area contributed by atoms with Crippen LogP contribution in [0.15, 0.2) is 54.7 Å². The fourth-order valence-corrected chi connectivity index (χ4v) is 4.78. The number of benzene rings is 2. The lowest BCUT2D eigenvalue weighted by Gasteiger charge is -2.20. The highest BCUT2D eigenvalue weighted by Gasteiger charge is 2.31. The zero-order chi connectivity index (χ0) is 31.5. The van der Waals surface area contributed by atoms with Crippen molar-refractivity contribution in [2.45, 2.75) is 45.8 Å². The Kier molecular flexibility index (Phi) is 12.6. The summed E-state index contributed by atoms with van der Waals surface area (Å²) in [5, 5.41) is 12.4. The third kappa shape index (κ3) is 10.4. The molecule has 1 fully saturated rings. The minimum absolute atomic E-state index is 0.0153. The molecule has 2 N–H and O–H groups in total. The van der Waals surface area contributed by atoms with E-state index in [0.29, 0.717) is 35.2 Å². The largest absolute Gasteiger partial charge is 0.508 e. The third-order valence-electron chi connectivity index (χ3n) is 6.32. The minimum Gasteiger partial charge on any atom is -0.508 e. The number of pyridine rings is 1. The SMILES string of the molecule is COc1ccnc(C(=O)N[C@H]2COCC(Cc3ccc(Cl)cc3Cl)CC(C)OC2=O)c1OC(C)=O.Cc1ccc(O)cc1. The number of rotatable bonds is 6. The number of carbonyl (C=O) groups is 3. The van der Waals surface area contributed by atoms with Gasteiger partial charge < -0.3 is 29.4 Å². The van der Waals surface area contributed by atoms with Gasteiger partial charge in [0, 0.05) is 35.8 Å². The van der Waals surface area contributed by atoms with Gasteiger partial charge in [0.05, 0.1) is 19.8 Å². The van der Waals surface area contributed by atoms with Crippen molar-refractivity contribution in [3.05, 3.63) is 81.6 Å². The van der Waals surface area contributed by atoms with Crippen LogP contribution in [-0.2, 0) is 25.5 Å². The zero-order valence-electron chi connectivity index (χ0n) is 24.3. The maximum atomic E-state index is 13.0. The lowest BCUT2D eigenvalue weighted by molar-refractivity contribution is -0.151. The molecule has 0 spiro atoms. The molecule has 3 atom stereocenters. The normalized spacial score (nSPS) is 18.5. The molecule has 2 aromatic carbocycles. The van der Waals surface area contributed by atoms with Crippen LogP contribution in [0.4, 0.5) is 0 Å². The van der Waals surface area contributed by atoms with Gasteiger partial charge in [-0.3, -0.25) is 9.59 Å². The zero-order valence-corrected chi connectivity index (χ0v) is 25.8. The van der Waals surface area contributed by atoms with Crippen molar-refractivity contribution in [3.8, 4) is 17.2 Å². The monoisotopic (exact) mass is 632 g/mol. The number of cyclic esters (lactones) is 1. The number of amides is 1. The van der Waals surface area contributed by atoms with Crippen LogP contribution in [0.5, 0.6) is 17.2 Å². The Morgan fingerprint density at radius 3 is 2.47 bits per heavy atom. The molecule has 0 saturated carbocycles. The van der Waals surface area contributed by atoms with Crippen LogP contribution < -0.4 is 14.8 Å². The van der Waals surface area contributed by atoms with E-state index in [-0.39, 0.29) is 29.7 Å². The first-order chi connectivity index (χ1) is 20.5. The van der Waals surface area contributed by atoms with E-state index in [4.69, 9.17) is 47.3 Å². The number of halogens is 2. The molecule has 0 aliphatic carbocycles. The van der Waals surface area contributed by atoms with Gasteiger partial charge in [0.15, 0.2) is 17.5 Å². The lowest BCUT2D eigenvalue weighted by atomic mass is 9.94. The molecule has 43 heavy (non-hydrogen) atoms. The maximum Gasteiger partial charge on any atom is 0.331 e. The Balaban J connectivity index is 0.000000546. The van der Waals surface area contributed by atoms with E-state index in [2.05, 4.69) is 10.3 Å². The highest BCUT2D eigenvalue weighted by Crippen LogP contribution is 2.30.